The van der Waals surface area contributed by atoms with Gasteiger partial charge in [0, 0.05) is 0 Å². The van der Waals surface area contributed by atoms with Gasteiger partial charge < -0.3 is 0 Å². The van der Waals surface area contributed by atoms with Crippen LogP contribution in [0, 0.1) is 20.8 Å². The molecule has 0 atom stereocenters. The number of hydrogen-bond donors (Lipinski definition) is 0. The van der Waals surface area contributed by atoms with Gasteiger partial charge >= 0.3 is 0 Å². The van der Waals surface area contributed by atoms with Crippen molar-refractivity contribution in [2.45, 2.75) is 27.7 Å². The topological polar surface area (TPSA) is 0 Å². The predicted molar refractivity (Wildman–Crippen MR) is 79.8 cm³/mol. The van der Waals surface area contributed by atoms with E-state index in [-0.39, 0.29) is 0 Å². The number of benzene rings is 2. The van der Waals surface area contributed by atoms with Crippen molar-refractivity contribution in [2.24, 2.45) is 0 Å². The molecular formula is C18H20. The van der Waals surface area contributed by atoms with Crippen LogP contribution in [-0.4, -0.2) is 0 Å². The molecule has 0 aliphatic heterocycles. The molecule has 0 spiro atoms. The lowest BCUT2D eigenvalue weighted by atomic mass is 9.91. The highest BCUT2D eigenvalue weighted by atomic mass is 14.1. The van der Waals surface area contributed by atoms with Crippen LogP contribution >= 0.6 is 0 Å². The summed E-state index contributed by atoms with van der Waals surface area (Å²) in [6, 6.07) is 15.2. The summed E-state index contributed by atoms with van der Waals surface area (Å²) >= 11 is 0. The number of allylic oxidation sites excluding steroid dienone is 1. The van der Waals surface area contributed by atoms with Crippen LogP contribution in [0.15, 0.2) is 48.5 Å². The maximum Gasteiger partial charge on any atom is -0.0149 e. The van der Waals surface area contributed by atoms with Gasteiger partial charge in [-0.2, -0.15) is 0 Å². The van der Waals surface area contributed by atoms with E-state index >= 15 is 0 Å². The highest BCUT2D eigenvalue weighted by molar-refractivity contribution is 5.81. The first-order valence-electron chi connectivity index (χ1n) is 6.43. The van der Waals surface area contributed by atoms with E-state index in [0.29, 0.717) is 0 Å². The second-order valence-corrected chi connectivity index (χ2v) is 4.82. The molecule has 2 aromatic carbocycles. The van der Waals surface area contributed by atoms with E-state index in [9.17, 15) is 0 Å². The molecule has 0 heteroatoms. The van der Waals surface area contributed by atoms with E-state index in [2.05, 4.69) is 76.2 Å². The fourth-order valence-corrected chi connectivity index (χ4v) is 2.33. The lowest BCUT2D eigenvalue weighted by Gasteiger charge is -2.13. The summed E-state index contributed by atoms with van der Waals surface area (Å²) in [6.45, 7) is 8.62. The van der Waals surface area contributed by atoms with Gasteiger partial charge in [-0.3, -0.25) is 0 Å². The molecule has 18 heavy (non-hydrogen) atoms. The molecule has 2 aromatic rings. The maximum absolute atomic E-state index is 2.25. The Kier molecular flexibility index (Phi) is 3.66. The van der Waals surface area contributed by atoms with Gasteiger partial charge in [0.1, 0.15) is 0 Å². The average Bonchev–Trinajstić information content (AvgIpc) is 2.35. The maximum atomic E-state index is 2.25. The molecule has 0 aromatic heterocycles. The molecule has 0 radical (unpaired) electrons. The Morgan fingerprint density at radius 2 is 1.67 bits per heavy atom. The van der Waals surface area contributed by atoms with E-state index in [4.69, 9.17) is 0 Å². The Balaban J connectivity index is 2.57. The molecule has 0 heterocycles. The lowest BCUT2D eigenvalue weighted by Crippen LogP contribution is -1.94. The van der Waals surface area contributed by atoms with Crippen LogP contribution < -0.4 is 0 Å². The van der Waals surface area contributed by atoms with Gasteiger partial charge in [-0.05, 0) is 55.5 Å². The molecule has 0 aliphatic carbocycles. The predicted octanol–water partition coefficient (Wildman–Crippen LogP) is 5.06. The first kappa shape index (κ1) is 12.6. The Morgan fingerprint density at radius 3 is 2.33 bits per heavy atom. The molecule has 0 N–H and O–H groups in total. The van der Waals surface area contributed by atoms with Gasteiger partial charge in [0.25, 0.3) is 0 Å². The summed E-state index contributed by atoms with van der Waals surface area (Å²) < 4.78 is 0. The zero-order chi connectivity index (χ0) is 13.1. The largest absolute Gasteiger partial charge is 0.0792 e. The third-order valence-corrected chi connectivity index (χ3v) is 3.51. The Labute approximate surface area is 110 Å². The summed E-state index contributed by atoms with van der Waals surface area (Å²) in [5.41, 5.74) is 7.97. The van der Waals surface area contributed by atoms with Crippen molar-refractivity contribution < 1.29 is 0 Å². The van der Waals surface area contributed by atoms with Crippen molar-refractivity contribution in [3.05, 3.63) is 76.4 Å². The first-order chi connectivity index (χ1) is 8.63. The van der Waals surface area contributed by atoms with E-state index in [0.717, 1.165) is 0 Å². The van der Waals surface area contributed by atoms with Gasteiger partial charge in [0.2, 0.25) is 0 Å². The molecule has 2 rings (SSSR count). The molecule has 0 saturated carbocycles. The van der Waals surface area contributed by atoms with Crippen molar-refractivity contribution in [1.29, 1.82) is 0 Å². The molecule has 0 aliphatic rings. The summed E-state index contributed by atoms with van der Waals surface area (Å²) in [4.78, 5) is 0. The summed E-state index contributed by atoms with van der Waals surface area (Å²) in [6.07, 6.45) is 2.20. The van der Waals surface area contributed by atoms with Gasteiger partial charge in [-0.15, -0.1) is 0 Å². The third kappa shape index (κ3) is 2.38. The van der Waals surface area contributed by atoms with Crippen molar-refractivity contribution in [2.75, 3.05) is 0 Å². The van der Waals surface area contributed by atoms with E-state index < -0.39 is 0 Å². The van der Waals surface area contributed by atoms with Crippen molar-refractivity contribution in [1.82, 2.24) is 0 Å². The van der Waals surface area contributed by atoms with Crippen LogP contribution in [0.5, 0.6) is 0 Å². The Hall–Kier alpha value is -1.82. The third-order valence-electron chi connectivity index (χ3n) is 3.51. The molecule has 0 amide bonds. The van der Waals surface area contributed by atoms with Crippen LogP contribution in [0.2, 0.25) is 0 Å². The van der Waals surface area contributed by atoms with Crippen LogP contribution in [0.1, 0.15) is 34.7 Å². The van der Waals surface area contributed by atoms with E-state index in [1.165, 1.54) is 33.4 Å². The molecule has 0 bridgehead atoms. The highest BCUT2D eigenvalue weighted by Gasteiger charge is 2.08. The van der Waals surface area contributed by atoms with E-state index in [1.54, 1.807) is 0 Å². The van der Waals surface area contributed by atoms with Crippen LogP contribution in [0.25, 0.3) is 5.57 Å². The fraction of sp³-hybridized carbons (Fsp3) is 0.222. The highest BCUT2D eigenvalue weighted by Crippen LogP contribution is 2.27. The van der Waals surface area contributed by atoms with E-state index in [1.807, 2.05) is 0 Å². The summed E-state index contributed by atoms with van der Waals surface area (Å²) in [7, 11) is 0. The Bertz CT molecular complexity index is 589. The quantitative estimate of drug-likeness (QED) is 0.683. The number of aryl methyl sites for hydroxylation is 2. The standard InChI is InChI=1S/C18H20/c1-5-17(16-10-6-8-13(2)12-16)18-11-7-9-14(3)15(18)4/h5-12H,1-4H3/b17-5+. The smallest absolute Gasteiger partial charge is 0.0149 e. The lowest BCUT2D eigenvalue weighted by molar-refractivity contribution is 1.31. The average molecular weight is 236 g/mol. The van der Waals surface area contributed by atoms with Crippen molar-refractivity contribution in [3.8, 4) is 0 Å². The van der Waals surface area contributed by atoms with Gasteiger partial charge in [-0.25, -0.2) is 0 Å². The molecule has 0 fully saturated rings. The van der Waals surface area contributed by atoms with Gasteiger partial charge in [0.05, 0.1) is 0 Å². The van der Waals surface area contributed by atoms with Crippen LogP contribution in [0.3, 0.4) is 0 Å². The second kappa shape index (κ2) is 5.22. The SMILES string of the molecule is C/C=C(\c1cccc(C)c1)c1cccc(C)c1C. The first-order valence-corrected chi connectivity index (χ1v) is 6.43. The molecule has 92 valence electrons. The van der Waals surface area contributed by atoms with Crippen LogP contribution in [-0.2, 0) is 0 Å². The normalized spacial score (nSPS) is 11.7. The zero-order valence-electron chi connectivity index (χ0n) is 11.6. The minimum Gasteiger partial charge on any atom is -0.0792 e. The zero-order valence-corrected chi connectivity index (χ0v) is 11.6. The molecule has 0 unspecified atom stereocenters. The fourth-order valence-electron chi connectivity index (χ4n) is 2.33. The van der Waals surface area contributed by atoms with Gasteiger partial charge in [0.15, 0.2) is 0 Å². The number of hydrogen-bond acceptors (Lipinski definition) is 0. The monoisotopic (exact) mass is 236 g/mol. The summed E-state index contributed by atoms with van der Waals surface area (Å²) in [5, 5.41) is 0. The van der Waals surface area contributed by atoms with Gasteiger partial charge in [-0.1, -0.05) is 54.1 Å². The minimum absolute atomic E-state index is 1.30. The molecule has 0 nitrogen and oxygen atoms in total. The summed E-state index contributed by atoms with van der Waals surface area (Å²) in [5.74, 6) is 0. The van der Waals surface area contributed by atoms with Crippen molar-refractivity contribution >= 4 is 5.57 Å². The second-order valence-electron chi connectivity index (χ2n) is 4.82. The molecule has 0 saturated heterocycles. The molecular weight excluding hydrogens is 216 g/mol. The Morgan fingerprint density at radius 1 is 0.944 bits per heavy atom. The van der Waals surface area contributed by atoms with Crippen LogP contribution in [0.4, 0.5) is 0 Å². The van der Waals surface area contributed by atoms with Crippen molar-refractivity contribution in [3.63, 3.8) is 0 Å². The number of rotatable bonds is 2. The minimum atomic E-state index is 1.30.